The minimum Gasteiger partial charge on any atom is -0.356 e. The van der Waals surface area contributed by atoms with Gasteiger partial charge in [0.05, 0.1) is 10.2 Å². The van der Waals surface area contributed by atoms with Crippen LogP contribution in [0.25, 0.3) is 10.2 Å². The maximum absolute atomic E-state index is 12.3. The van der Waals surface area contributed by atoms with E-state index in [9.17, 15) is 4.79 Å². The van der Waals surface area contributed by atoms with Gasteiger partial charge in [-0.05, 0) is 31.9 Å². The molecule has 1 aliphatic rings. The van der Waals surface area contributed by atoms with Crippen LogP contribution in [0, 0.1) is 6.92 Å². The summed E-state index contributed by atoms with van der Waals surface area (Å²) in [5.41, 5.74) is 1.79. The van der Waals surface area contributed by atoms with E-state index in [0.29, 0.717) is 24.0 Å². The Kier molecular flexibility index (Phi) is 5.15. The molecule has 0 spiro atoms. The number of nitrogens with zero attached hydrogens (tertiary/aromatic N) is 4. The minimum atomic E-state index is -0.152. The van der Waals surface area contributed by atoms with Gasteiger partial charge in [-0.25, -0.2) is 9.97 Å². The highest BCUT2D eigenvalue weighted by molar-refractivity contribution is 7.20. The lowest BCUT2D eigenvalue weighted by Crippen LogP contribution is -2.29. The van der Waals surface area contributed by atoms with Gasteiger partial charge < -0.3 is 15.5 Å². The van der Waals surface area contributed by atoms with Crippen molar-refractivity contribution in [3.05, 3.63) is 41.0 Å². The predicted octanol–water partition coefficient (Wildman–Crippen LogP) is 2.84. The summed E-state index contributed by atoms with van der Waals surface area (Å²) < 4.78 is 1.02. The molecule has 3 aromatic rings. The number of carbonyl (C=O) groups excluding carboxylic acids is 1. The SMILES string of the molecule is Cc1cc(N2CCCC2)nc(NCCNC(=O)c2nc3ccccc3s2)n1. The third kappa shape index (κ3) is 4.16. The molecule has 1 aromatic carbocycles. The number of nitrogens with one attached hydrogen (secondary N) is 2. The van der Waals surface area contributed by atoms with Crippen LogP contribution in [-0.2, 0) is 0 Å². The van der Waals surface area contributed by atoms with Crippen LogP contribution >= 0.6 is 11.3 Å². The second-order valence-corrected chi connectivity index (χ2v) is 7.59. The summed E-state index contributed by atoms with van der Waals surface area (Å²) in [6.07, 6.45) is 2.42. The molecule has 1 amide bonds. The molecule has 140 valence electrons. The number of amides is 1. The summed E-state index contributed by atoms with van der Waals surface area (Å²) >= 11 is 1.40. The second kappa shape index (κ2) is 7.87. The number of rotatable bonds is 6. The highest BCUT2D eigenvalue weighted by Crippen LogP contribution is 2.21. The third-order valence-electron chi connectivity index (χ3n) is 4.45. The summed E-state index contributed by atoms with van der Waals surface area (Å²) in [5.74, 6) is 1.42. The van der Waals surface area contributed by atoms with Crippen LogP contribution in [0.3, 0.4) is 0 Å². The molecule has 0 radical (unpaired) electrons. The van der Waals surface area contributed by atoms with Crippen molar-refractivity contribution in [1.29, 1.82) is 0 Å². The van der Waals surface area contributed by atoms with Crippen LogP contribution in [0.5, 0.6) is 0 Å². The summed E-state index contributed by atoms with van der Waals surface area (Å²) in [6, 6.07) is 9.78. The Hall–Kier alpha value is -2.74. The van der Waals surface area contributed by atoms with E-state index in [0.717, 1.165) is 34.8 Å². The highest BCUT2D eigenvalue weighted by Gasteiger charge is 2.15. The molecule has 1 saturated heterocycles. The monoisotopic (exact) mass is 382 g/mol. The first-order valence-corrected chi connectivity index (χ1v) is 9.99. The molecular formula is C19H22N6OS. The van der Waals surface area contributed by atoms with Crippen molar-refractivity contribution in [2.75, 3.05) is 36.4 Å². The van der Waals surface area contributed by atoms with E-state index in [-0.39, 0.29) is 5.91 Å². The Bertz CT molecular complexity index is 917. The number of benzene rings is 1. The van der Waals surface area contributed by atoms with E-state index in [1.807, 2.05) is 37.3 Å². The number of carbonyl (C=O) groups is 1. The van der Waals surface area contributed by atoms with Crippen molar-refractivity contribution >= 4 is 39.2 Å². The molecule has 0 unspecified atom stereocenters. The smallest absolute Gasteiger partial charge is 0.280 e. The van der Waals surface area contributed by atoms with Crippen LogP contribution in [-0.4, -0.2) is 47.0 Å². The zero-order valence-corrected chi connectivity index (χ0v) is 16.1. The van der Waals surface area contributed by atoms with Gasteiger partial charge in [0.15, 0.2) is 5.01 Å². The molecule has 0 bridgehead atoms. The lowest BCUT2D eigenvalue weighted by molar-refractivity contribution is 0.0955. The van der Waals surface area contributed by atoms with Crippen LogP contribution in [0.4, 0.5) is 11.8 Å². The van der Waals surface area contributed by atoms with Gasteiger partial charge >= 0.3 is 0 Å². The van der Waals surface area contributed by atoms with Gasteiger partial charge in [-0.15, -0.1) is 11.3 Å². The first kappa shape index (κ1) is 17.7. The number of aryl methyl sites for hydroxylation is 1. The summed E-state index contributed by atoms with van der Waals surface area (Å²) in [4.78, 5) is 28.0. The van der Waals surface area contributed by atoms with Crippen LogP contribution in [0.15, 0.2) is 30.3 Å². The molecule has 2 aromatic heterocycles. The fraction of sp³-hybridized carbons (Fsp3) is 0.368. The number of anilines is 2. The molecule has 0 saturated carbocycles. The standard InChI is InChI=1S/C19H22N6OS/c1-13-12-16(25-10-4-5-11-25)24-19(22-13)21-9-8-20-17(26)18-23-14-6-2-3-7-15(14)27-18/h2-3,6-7,12H,4-5,8-11H2,1H3,(H,20,26)(H,21,22,24). The summed E-state index contributed by atoms with van der Waals surface area (Å²) in [6.45, 7) is 5.11. The second-order valence-electron chi connectivity index (χ2n) is 6.55. The lowest BCUT2D eigenvalue weighted by Gasteiger charge is -2.17. The van der Waals surface area contributed by atoms with E-state index in [4.69, 9.17) is 0 Å². The lowest BCUT2D eigenvalue weighted by atomic mass is 10.3. The Morgan fingerprint density at radius 1 is 1.15 bits per heavy atom. The number of hydrogen-bond acceptors (Lipinski definition) is 7. The van der Waals surface area contributed by atoms with Gasteiger partial charge in [-0.2, -0.15) is 4.98 Å². The first-order chi connectivity index (χ1) is 13.2. The van der Waals surface area contributed by atoms with Crippen LogP contribution < -0.4 is 15.5 Å². The number of fused-ring (bicyclic) bond motifs is 1. The predicted molar refractivity (Wildman–Crippen MR) is 109 cm³/mol. The molecule has 3 heterocycles. The van der Waals surface area contributed by atoms with Crippen molar-refractivity contribution in [3.63, 3.8) is 0 Å². The number of para-hydroxylation sites is 1. The van der Waals surface area contributed by atoms with Crippen molar-refractivity contribution in [2.24, 2.45) is 0 Å². The van der Waals surface area contributed by atoms with Gasteiger partial charge in [-0.1, -0.05) is 12.1 Å². The zero-order chi connectivity index (χ0) is 18.6. The van der Waals surface area contributed by atoms with Crippen LogP contribution in [0.2, 0.25) is 0 Å². The Morgan fingerprint density at radius 2 is 1.96 bits per heavy atom. The van der Waals surface area contributed by atoms with E-state index in [1.54, 1.807) is 0 Å². The molecule has 1 fully saturated rings. The molecule has 2 N–H and O–H groups in total. The number of aromatic nitrogens is 3. The largest absolute Gasteiger partial charge is 0.356 e. The highest BCUT2D eigenvalue weighted by atomic mass is 32.1. The van der Waals surface area contributed by atoms with E-state index >= 15 is 0 Å². The van der Waals surface area contributed by atoms with Crippen molar-refractivity contribution in [2.45, 2.75) is 19.8 Å². The first-order valence-electron chi connectivity index (χ1n) is 9.17. The van der Waals surface area contributed by atoms with Gasteiger partial charge in [0.2, 0.25) is 5.95 Å². The van der Waals surface area contributed by atoms with E-state index < -0.39 is 0 Å². The quantitative estimate of drug-likeness (QED) is 0.638. The molecule has 4 rings (SSSR count). The van der Waals surface area contributed by atoms with Gasteiger partial charge in [0.25, 0.3) is 5.91 Å². The molecule has 0 aliphatic carbocycles. The molecule has 7 nitrogen and oxygen atoms in total. The fourth-order valence-corrected chi connectivity index (χ4v) is 4.02. The van der Waals surface area contributed by atoms with Gasteiger partial charge in [0, 0.05) is 37.9 Å². The van der Waals surface area contributed by atoms with Gasteiger partial charge in [-0.3, -0.25) is 4.79 Å². The topological polar surface area (TPSA) is 83.0 Å². The average molecular weight is 382 g/mol. The average Bonchev–Trinajstić information content (AvgIpc) is 3.34. The summed E-state index contributed by atoms with van der Waals surface area (Å²) in [7, 11) is 0. The zero-order valence-electron chi connectivity index (χ0n) is 15.2. The number of hydrogen-bond donors (Lipinski definition) is 2. The molecular weight excluding hydrogens is 360 g/mol. The molecule has 8 heteroatoms. The van der Waals surface area contributed by atoms with Crippen molar-refractivity contribution in [1.82, 2.24) is 20.3 Å². The van der Waals surface area contributed by atoms with E-state index in [2.05, 4.69) is 30.5 Å². The maximum Gasteiger partial charge on any atom is 0.280 e. The maximum atomic E-state index is 12.3. The Morgan fingerprint density at radius 3 is 2.78 bits per heavy atom. The molecule has 0 atom stereocenters. The summed E-state index contributed by atoms with van der Waals surface area (Å²) in [5, 5.41) is 6.58. The third-order valence-corrected chi connectivity index (χ3v) is 5.49. The Labute approximate surface area is 161 Å². The number of thiazole rings is 1. The minimum absolute atomic E-state index is 0.152. The molecule has 1 aliphatic heterocycles. The van der Waals surface area contributed by atoms with Crippen molar-refractivity contribution in [3.8, 4) is 0 Å². The van der Waals surface area contributed by atoms with Crippen LogP contribution in [0.1, 0.15) is 28.3 Å². The molecule has 27 heavy (non-hydrogen) atoms. The van der Waals surface area contributed by atoms with E-state index in [1.165, 1.54) is 24.2 Å². The fourth-order valence-electron chi connectivity index (χ4n) is 3.13. The van der Waals surface area contributed by atoms with Crippen molar-refractivity contribution < 1.29 is 4.79 Å². The van der Waals surface area contributed by atoms with Gasteiger partial charge in [0.1, 0.15) is 5.82 Å². The Balaban J connectivity index is 1.31. The normalized spacial score (nSPS) is 13.9.